The zero-order valence-corrected chi connectivity index (χ0v) is 18.7. The molecule has 4 rings (SSSR count). The Kier molecular flexibility index (Phi) is 6.28. The lowest BCUT2D eigenvalue weighted by Gasteiger charge is -2.13. The molecule has 0 aliphatic carbocycles. The molecule has 4 amide bonds. The SMILES string of the molecule is Cc1ccc(C)c(Sc2ccc(NC(=O)c3cccc(CN4C(=O)CNC4=O)c3)cc2)c1. The minimum Gasteiger partial charge on any atom is -0.329 e. The van der Waals surface area contributed by atoms with E-state index in [2.05, 4.69) is 42.7 Å². The Hall–Kier alpha value is -3.58. The summed E-state index contributed by atoms with van der Waals surface area (Å²) < 4.78 is 0. The predicted octanol–water partition coefficient (Wildman–Crippen LogP) is 4.76. The summed E-state index contributed by atoms with van der Waals surface area (Å²) in [5.74, 6) is -0.525. The van der Waals surface area contributed by atoms with Crippen molar-refractivity contribution in [1.82, 2.24) is 10.2 Å². The van der Waals surface area contributed by atoms with E-state index in [0.717, 1.165) is 9.80 Å². The Labute approximate surface area is 191 Å². The smallest absolute Gasteiger partial charge is 0.324 e. The molecule has 7 heteroatoms. The third-order valence-corrected chi connectivity index (χ3v) is 6.32. The van der Waals surface area contributed by atoms with Crippen LogP contribution < -0.4 is 10.6 Å². The van der Waals surface area contributed by atoms with E-state index in [1.807, 2.05) is 24.3 Å². The third kappa shape index (κ3) is 5.00. The molecule has 0 saturated carbocycles. The number of anilines is 1. The van der Waals surface area contributed by atoms with E-state index in [4.69, 9.17) is 0 Å². The van der Waals surface area contributed by atoms with Gasteiger partial charge in [0.2, 0.25) is 5.91 Å². The van der Waals surface area contributed by atoms with Crippen LogP contribution in [0.2, 0.25) is 0 Å². The number of benzene rings is 3. The van der Waals surface area contributed by atoms with Crippen LogP contribution in [0.3, 0.4) is 0 Å². The topological polar surface area (TPSA) is 78.5 Å². The molecule has 32 heavy (non-hydrogen) atoms. The van der Waals surface area contributed by atoms with Gasteiger partial charge >= 0.3 is 6.03 Å². The largest absolute Gasteiger partial charge is 0.329 e. The van der Waals surface area contributed by atoms with Crippen LogP contribution in [-0.4, -0.2) is 29.3 Å². The Bertz CT molecular complexity index is 1180. The van der Waals surface area contributed by atoms with Gasteiger partial charge in [0, 0.05) is 21.0 Å². The summed E-state index contributed by atoms with van der Waals surface area (Å²) in [5, 5.41) is 5.39. The summed E-state index contributed by atoms with van der Waals surface area (Å²) in [7, 11) is 0. The summed E-state index contributed by atoms with van der Waals surface area (Å²) in [4.78, 5) is 39.7. The molecule has 0 aromatic heterocycles. The number of hydrogen-bond acceptors (Lipinski definition) is 4. The first kappa shape index (κ1) is 21.6. The molecule has 0 spiro atoms. The number of nitrogens with zero attached hydrogens (tertiary/aromatic N) is 1. The molecular formula is C25H23N3O3S. The maximum Gasteiger partial charge on any atom is 0.324 e. The van der Waals surface area contributed by atoms with Crippen LogP contribution in [-0.2, 0) is 11.3 Å². The second-order valence-corrected chi connectivity index (χ2v) is 8.80. The molecule has 1 saturated heterocycles. The van der Waals surface area contributed by atoms with E-state index in [1.165, 1.54) is 16.0 Å². The third-order valence-electron chi connectivity index (χ3n) is 5.15. The molecule has 0 unspecified atom stereocenters. The number of carbonyl (C=O) groups excluding carboxylic acids is 3. The van der Waals surface area contributed by atoms with Gasteiger partial charge in [0.05, 0.1) is 13.1 Å². The van der Waals surface area contributed by atoms with Gasteiger partial charge in [-0.05, 0) is 73.0 Å². The highest BCUT2D eigenvalue weighted by atomic mass is 32.2. The van der Waals surface area contributed by atoms with Crippen molar-refractivity contribution in [2.24, 2.45) is 0 Å². The lowest BCUT2D eigenvalue weighted by atomic mass is 10.1. The number of imide groups is 1. The van der Waals surface area contributed by atoms with Gasteiger partial charge in [0.15, 0.2) is 0 Å². The summed E-state index contributed by atoms with van der Waals surface area (Å²) in [6, 6.07) is 20.6. The number of rotatable bonds is 6. The number of nitrogens with one attached hydrogen (secondary N) is 2. The van der Waals surface area contributed by atoms with Crippen molar-refractivity contribution in [2.75, 3.05) is 11.9 Å². The number of aryl methyl sites for hydroxylation is 2. The fourth-order valence-corrected chi connectivity index (χ4v) is 4.36. The van der Waals surface area contributed by atoms with Gasteiger partial charge in [-0.3, -0.25) is 14.5 Å². The molecule has 0 atom stereocenters. The summed E-state index contributed by atoms with van der Waals surface area (Å²) in [6.07, 6.45) is 0. The van der Waals surface area contributed by atoms with Gasteiger partial charge < -0.3 is 10.6 Å². The van der Waals surface area contributed by atoms with Crippen LogP contribution in [0.15, 0.2) is 76.5 Å². The second kappa shape index (κ2) is 9.28. The van der Waals surface area contributed by atoms with Crippen LogP contribution in [0.4, 0.5) is 10.5 Å². The lowest BCUT2D eigenvalue weighted by molar-refractivity contribution is -0.125. The Morgan fingerprint density at radius 2 is 1.81 bits per heavy atom. The molecule has 1 aliphatic heterocycles. The van der Waals surface area contributed by atoms with E-state index in [9.17, 15) is 14.4 Å². The molecule has 3 aromatic carbocycles. The quantitative estimate of drug-likeness (QED) is 0.537. The molecule has 0 bridgehead atoms. The van der Waals surface area contributed by atoms with Gasteiger partial charge in [-0.1, -0.05) is 36.0 Å². The van der Waals surface area contributed by atoms with Crippen LogP contribution in [0.1, 0.15) is 27.0 Å². The van der Waals surface area contributed by atoms with Gasteiger partial charge in [-0.25, -0.2) is 4.79 Å². The molecule has 0 radical (unpaired) electrons. The minimum absolute atomic E-state index is 0.0107. The average Bonchev–Trinajstić information content (AvgIpc) is 3.10. The number of amides is 4. The van der Waals surface area contributed by atoms with Crippen LogP contribution in [0, 0.1) is 13.8 Å². The molecule has 1 heterocycles. The fourth-order valence-electron chi connectivity index (χ4n) is 3.36. The van der Waals surface area contributed by atoms with Gasteiger partial charge in [0.25, 0.3) is 5.91 Å². The summed E-state index contributed by atoms with van der Waals surface area (Å²) in [5.41, 5.74) is 4.32. The van der Waals surface area contributed by atoms with E-state index in [-0.39, 0.29) is 24.9 Å². The Balaban J connectivity index is 1.41. The maximum absolute atomic E-state index is 12.7. The van der Waals surface area contributed by atoms with Crippen LogP contribution in [0.25, 0.3) is 0 Å². The highest BCUT2D eigenvalue weighted by Gasteiger charge is 2.28. The first-order valence-corrected chi connectivity index (χ1v) is 11.0. The van der Waals surface area contributed by atoms with E-state index >= 15 is 0 Å². The van der Waals surface area contributed by atoms with E-state index in [1.54, 1.807) is 36.0 Å². The molecule has 1 fully saturated rings. The molecule has 6 nitrogen and oxygen atoms in total. The number of hydrogen-bond donors (Lipinski definition) is 2. The lowest BCUT2D eigenvalue weighted by Crippen LogP contribution is -2.30. The van der Waals surface area contributed by atoms with Crippen LogP contribution >= 0.6 is 11.8 Å². The van der Waals surface area contributed by atoms with Crippen LogP contribution in [0.5, 0.6) is 0 Å². The zero-order valence-electron chi connectivity index (χ0n) is 17.8. The summed E-state index contributed by atoms with van der Waals surface area (Å²) >= 11 is 1.69. The number of urea groups is 1. The highest BCUT2D eigenvalue weighted by Crippen LogP contribution is 2.31. The van der Waals surface area contributed by atoms with Gasteiger partial charge in [-0.2, -0.15) is 0 Å². The fraction of sp³-hybridized carbons (Fsp3) is 0.160. The van der Waals surface area contributed by atoms with E-state index in [0.29, 0.717) is 16.8 Å². The monoisotopic (exact) mass is 445 g/mol. The standard InChI is InChI=1S/C25H23N3O3S/c1-16-6-7-17(2)22(12-16)32-21-10-8-20(9-11-21)27-24(30)19-5-3-4-18(13-19)15-28-23(29)14-26-25(28)31/h3-13H,14-15H2,1-2H3,(H,26,31)(H,27,30). The minimum atomic E-state index is -0.413. The first-order valence-electron chi connectivity index (χ1n) is 10.2. The van der Waals surface area contributed by atoms with Crippen molar-refractivity contribution in [3.05, 3.63) is 89.0 Å². The molecule has 162 valence electrons. The summed E-state index contributed by atoms with van der Waals surface area (Å²) in [6.45, 7) is 4.32. The first-order chi connectivity index (χ1) is 15.4. The molecule has 2 N–H and O–H groups in total. The van der Waals surface area contributed by atoms with E-state index < -0.39 is 6.03 Å². The van der Waals surface area contributed by atoms with Crippen molar-refractivity contribution >= 4 is 35.3 Å². The normalized spacial score (nSPS) is 13.2. The Morgan fingerprint density at radius 3 is 2.53 bits per heavy atom. The van der Waals surface area contributed by atoms with Crippen molar-refractivity contribution < 1.29 is 14.4 Å². The zero-order chi connectivity index (χ0) is 22.7. The van der Waals surface area contributed by atoms with Crippen molar-refractivity contribution in [1.29, 1.82) is 0 Å². The van der Waals surface area contributed by atoms with Crippen molar-refractivity contribution in [3.63, 3.8) is 0 Å². The maximum atomic E-state index is 12.7. The molecular weight excluding hydrogens is 422 g/mol. The average molecular weight is 446 g/mol. The highest BCUT2D eigenvalue weighted by molar-refractivity contribution is 7.99. The molecule has 1 aliphatic rings. The van der Waals surface area contributed by atoms with Crippen molar-refractivity contribution in [2.45, 2.75) is 30.2 Å². The predicted molar refractivity (Wildman–Crippen MR) is 125 cm³/mol. The van der Waals surface area contributed by atoms with Gasteiger partial charge in [-0.15, -0.1) is 0 Å². The second-order valence-electron chi connectivity index (χ2n) is 7.69. The van der Waals surface area contributed by atoms with Crippen molar-refractivity contribution in [3.8, 4) is 0 Å². The number of carbonyl (C=O) groups is 3. The van der Waals surface area contributed by atoms with Gasteiger partial charge in [0.1, 0.15) is 0 Å². The Morgan fingerprint density at radius 1 is 1.03 bits per heavy atom. The molecule has 3 aromatic rings.